The molecule has 0 radical (unpaired) electrons. The average molecular weight is 371 g/mol. The van der Waals surface area contributed by atoms with Gasteiger partial charge in [-0.3, -0.25) is 4.79 Å². The van der Waals surface area contributed by atoms with Crippen molar-refractivity contribution in [2.45, 2.75) is 11.0 Å². The van der Waals surface area contributed by atoms with E-state index in [4.69, 9.17) is 9.47 Å². The smallest absolute Gasteiger partial charge is 0.340 e. The van der Waals surface area contributed by atoms with E-state index >= 15 is 0 Å². The summed E-state index contributed by atoms with van der Waals surface area (Å²) in [7, 11) is 0. The number of hydrogen-bond acceptors (Lipinski definition) is 5. The first-order valence-corrected chi connectivity index (χ1v) is 9.68. The second-order valence-corrected chi connectivity index (χ2v) is 6.68. The molecule has 0 aromatic heterocycles. The molecular weight excluding hydrogens is 350 g/mol. The average Bonchev–Trinajstić information content (AvgIpc) is 2.72. The van der Waals surface area contributed by atoms with Crippen LogP contribution in [0.4, 0.5) is 0 Å². The summed E-state index contributed by atoms with van der Waals surface area (Å²) in [6, 6.07) is 16.4. The van der Waals surface area contributed by atoms with Crippen LogP contribution in [-0.2, 0) is 14.3 Å². The van der Waals surface area contributed by atoms with Crippen LogP contribution in [0.1, 0.15) is 22.0 Å². The van der Waals surface area contributed by atoms with Crippen LogP contribution >= 0.6 is 11.8 Å². The van der Waals surface area contributed by atoms with Crippen LogP contribution in [0.5, 0.6) is 0 Å². The van der Waals surface area contributed by atoms with Crippen molar-refractivity contribution in [1.82, 2.24) is 4.90 Å². The molecule has 1 atom stereocenters. The van der Waals surface area contributed by atoms with Gasteiger partial charge in [0.25, 0.3) is 5.91 Å². The SMILES string of the molecule is CSc1ccccc1C(=O)O[C@@H](C(=O)N1CCOCC1)c1ccccc1. The highest BCUT2D eigenvalue weighted by Gasteiger charge is 2.31. The molecule has 2 aromatic carbocycles. The molecule has 26 heavy (non-hydrogen) atoms. The zero-order chi connectivity index (χ0) is 18.4. The fraction of sp³-hybridized carbons (Fsp3) is 0.300. The summed E-state index contributed by atoms with van der Waals surface area (Å²) < 4.78 is 11.0. The molecule has 1 saturated heterocycles. The molecule has 1 heterocycles. The number of esters is 1. The molecule has 0 N–H and O–H groups in total. The first kappa shape index (κ1) is 18.5. The minimum absolute atomic E-state index is 0.213. The number of carbonyl (C=O) groups is 2. The zero-order valence-corrected chi connectivity index (χ0v) is 15.4. The van der Waals surface area contributed by atoms with Gasteiger partial charge in [-0.2, -0.15) is 0 Å². The molecule has 5 nitrogen and oxygen atoms in total. The lowest BCUT2D eigenvalue weighted by Gasteiger charge is -2.30. The summed E-state index contributed by atoms with van der Waals surface area (Å²) in [4.78, 5) is 28.3. The number of morpholine rings is 1. The van der Waals surface area contributed by atoms with E-state index in [1.807, 2.05) is 36.6 Å². The highest BCUT2D eigenvalue weighted by atomic mass is 32.2. The molecule has 136 valence electrons. The van der Waals surface area contributed by atoms with Crippen LogP contribution in [0.2, 0.25) is 0 Å². The van der Waals surface area contributed by atoms with Gasteiger partial charge in [0.05, 0.1) is 18.8 Å². The Balaban J connectivity index is 1.86. The molecule has 1 amide bonds. The number of benzene rings is 2. The number of rotatable bonds is 5. The van der Waals surface area contributed by atoms with Crippen LogP contribution in [0.15, 0.2) is 59.5 Å². The maximum atomic E-state index is 13.0. The summed E-state index contributed by atoms with van der Waals surface area (Å²) in [6.45, 7) is 2.00. The van der Waals surface area contributed by atoms with Gasteiger partial charge in [0, 0.05) is 23.5 Å². The molecule has 1 aliphatic rings. The fourth-order valence-corrected chi connectivity index (χ4v) is 3.41. The van der Waals surface area contributed by atoms with Crippen molar-refractivity contribution >= 4 is 23.6 Å². The van der Waals surface area contributed by atoms with E-state index < -0.39 is 12.1 Å². The third-order valence-electron chi connectivity index (χ3n) is 4.20. The van der Waals surface area contributed by atoms with Gasteiger partial charge in [-0.05, 0) is 18.4 Å². The van der Waals surface area contributed by atoms with E-state index in [-0.39, 0.29) is 5.91 Å². The summed E-state index contributed by atoms with van der Waals surface area (Å²) in [5, 5.41) is 0. The van der Waals surface area contributed by atoms with Crippen molar-refractivity contribution in [1.29, 1.82) is 0 Å². The first-order valence-electron chi connectivity index (χ1n) is 8.46. The van der Waals surface area contributed by atoms with Gasteiger partial charge in [-0.25, -0.2) is 4.79 Å². The second-order valence-electron chi connectivity index (χ2n) is 5.83. The summed E-state index contributed by atoms with van der Waals surface area (Å²) in [6.07, 6.45) is 0.941. The Morgan fingerprint density at radius 2 is 1.69 bits per heavy atom. The van der Waals surface area contributed by atoms with Gasteiger partial charge in [-0.15, -0.1) is 11.8 Å². The summed E-state index contributed by atoms with van der Waals surface area (Å²) >= 11 is 1.47. The van der Waals surface area contributed by atoms with Crippen LogP contribution in [0.25, 0.3) is 0 Å². The second kappa shape index (κ2) is 8.87. The van der Waals surface area contributed by atoms with E-state index in [2.05, 4.69) is 0 Å². The highest BCUT2D eigenvalue weighted by molar-refractivity contribution is 7.98. The number of thioether (sulfide) groups is 1. The molecule has 6 heteroatoms. The molecule has 0 aliphatic carbocycles. The van der Waals surface area contributed by atoms with Crippen LogP contribution in [0.3, 0.4) is 0 Å². The zero-order valence-electron chi connectivity index (χ0n) is 14.6. The van der Waals surface area contributed by atoms with Crippen molar-refractivity contribution in [2.75, 3.05) is 32.6 Å². The number of nitrogens with zero attached hydrogens (tertiary/aromatic N) is 1. The third kappa shape index (κ3) is 4.26. The molecule has 0 unspecified atom stereocenters. The van der Waals surface area contributed by atoms with Gasteiger partial charge in [0.2, 0.25) is 6.10 Å². The lowest BCUT2D eigenvalue weighted by molar-refractivity contribution is -0.145. The number of carbonyl (C=O) groups excluding carboxylic acids is 2. The minimum atomic E-state index is -0.961. The van der Waals surface area contributed by atoms with Crippen molar-refractivity contribution in [3.63, 3.8) is 0 Å². The maximum Gasteiger partial charge on any atom is 0.340 e. The minimum Gasteiger partial charge on any atom is -0.444 e. The van der Waals surface area contributed by atoms with Crippen molar-refractivity contribution < 1.29 is 19.1 Å². The lowest BCUT2D eigenvalue weighted by Crippen LogP contribution is -2.44. The molecule has 0 bridgehead atoms. The summed E-state index contributed by atoms with van der Waals surface area (Å²) in [5.41, 5.74) is 1.13. The van der Waals surface area contributed by atoms with E-state index in [1.165, 1.54) is 11.8 Å². The largest absolute Gasteiger partial charge is 0.444 e. The first-order chi connectivity index (χ1) is 12.7. The van der Waals surface area contributed by atoms with E-state index in [0.717, 1.165) is 4.90 Å². The molecular formula is C20H21NO4S. The van der Waals surface area contributed by atoms with Crippen LogP contribution in [0, 0.1) is 0 Å². The van der Waals surface area contributed by atoms with Gasteiger partial charge >= 0.3 is 5.97 Å². The van der Waals surface area contributed by atoms with E-state index in [0.29, 0.717) is 37.4 Å². The van der Waals surface area contributed by atoms with Crippen molar-refractivity contribution in [3.8, 4) is 0 Å². The number of amides is 1. The topological polar surface area (TPSA) is 55.8 Å². The van der Waals surface area contributed by atoms with Gasteiger partial charge < -0.3 is 14.4 Å². The molecule has 2 aromatic rings. The monoisotopic (exact) mass is 371 g/mol. The molecule has 1 fully saturated rings. The third-order valence-corrected chi connectivity index (χ3v) is 5.00. The molecule has 1 aliphatic heterocycles. The Morgan fingerprint density at radius 1 is 1.04 bits per heavy atom. The van der Waals surface area contributed by atoms with Gasteiger partial charge in [-0.1, -0.05) is 42.5 Å². The summed E-state index contributed by atoms with van der Waals surface area (Å²) in [5.74, 6) is -0.708. The Labute approximate surface area is 157 Å². The predicted octanol–water partition coefficient (Wildman–Crippen LogP) is 3.17. The molecule has 3 rings (SSSR count). The van der Waals surface area contributed by atoms with Gasteiger partial charge in [0.1, 0.15) is 0 Å². The normalized spacial score (nSPS) is 15.3. The maximum absolute atomic E-state index is 13.0. The molecule has 0 spiro atoms. The Hall–Kier alpha value is -2.31. The van der Waals surface area contributed by atoms with Crippen molar-refractivity contribution in [3.05, 3.63) is 65.7 Å². The van der Waals surface area contributed by atoms with Crippen molar-refractivity contribution in [2.24, 2.45) is 0 Å². The Bertz CT molecular complexity index is 759. The predicted molar refractivity (Wildman–Crippen MR) is 100 cm³/mol. The van der Waals surface area contributed by atoms with Crippen LogP contribution in [-0.4, -0.2) is 49.3 Å². The van der Waals surface area contributed by atoms with Crippen LogP contribution < -0.4 is 0 Å². The standard InChI is InChI=1S/C20H21NO4S/c1-26-17-10-6-5-9-16(17)20(23)25-18(15-7-3-2-4-8-15)19(22)21-11-13-24-14-12-21/h2-10,18H,11-14H2,1H3/t18-/m1/s1. The fourth-order valence-electron chi connectivity index (χ4n) is 2.82. The number of hydrogen-bond donors (Lipinski definition) is 0. The van der Waals surface area contributed by atoms with E-state index in [9.17, 15) is 9.59 Å². The van der Waals surface area contributed by atoms with E-state index in [1.54, 1.807) is 29.2 Å². The lowest BCUT2D eigenvalue weighted by atomic mass is 10.1. The highest BCUT2D eigenvalue weighted by Crippen LogP contribution is 2.26. The Morgan fingerprint density at radius 3 is 2.38 bits per heavy atom. The molecule has 0 saturated carbocycles. The Kier molecular flexibility index (Phi) is 6.30. The van der Waals surface area contributed by atoms with Gasteiger partial charge in [0.15, 0.2) is 0 Å². The number of ether oxygens (including phenoxy) is 2. The quantitative estimate of drug-likeness (QED) is 0.597.